The first kappa shape index (κ1) is 15.7. The monoisotopic (exact) mass is 314 g/mol. The minimum atomic E-state index is 0.307. The van der Waals surface area contributed by atoms with Crippen LogP contribution in [0.25, 0.3) is 0 Å². The second-order valence-corrected chi connectivity index (χ2v) is 5.94. The zero-order chi connectivity index (χ0) is 16.2. The number of nitrogens with one attached hydrogen (secondary N) is 1. The quantitative estimate of drug-likeness (QED) is 0.666. The van der Waals surface area contributed by atoms with Crippen molar-refractivity contribution in [3.05, 3.63) is 51.7 Å². The van der Waals surface area contributed by atoms with Crippen LogP contribution >= 0.6 is 0 Å². The molecule has 1 unspecified atom stereocenters. The highest BCUT2D eigenvalue weighted by Crippen LogP contribution is 2.34. The highest BCUT2D eigenvalue weighted by molar-refractivity contribution is 5.53. The van der Waals surface area contributed by atoms with Crippen molar-refractivity contribution in [3.63, 3.8) is 0 Å². The average Bonchev–Trinajstić information content (AvgIpc) is 2.61. The van der Waals surface area contributed by atoms with Gasteiger partial charge in [0.05, 0.1) is 20.0 Å². The van der Waals surface area contributed by atoms with Gasteiger partial charge in [0.1, 0.15) is 11.4 Å². The fraction of sp³-hybridized carbons (Fsp3) is 0.444. The fourth-order valence-corrected chi connectivity index (χ4v) is 3.44. The Morgan fingerprint density at radius 1 is 1.30 bits per heavy atom. The van der Waals surface area contributed by atoms with E-state index in [4.69, 9.17) is 9.47 Å². The zero-order valence-electron chi connectivity index (χ0n) is 13.6. The molecule has 0 saturated carbocycles. The maximum Gasteiger partial charge on any atom is 0.150 e. The molecule has 122 valence electrons. The number of hydrogen-bond acceptors (Lipinski definition) is 5. The Morgan fingerprint density at radius 2 is 2.17 bits per heavy atom. The summed E-state index contributed by atoms with van der Waals surface area (Å²) in [6, 6.07) is 5.94. The van der Waals surface area contributed by atoms with E-state index in [9.17, 15) is 4.91 Å². The molecule has 1 N–H and O–H groups in total. The van der Waals surface area contributed by atoms with E-state index in [2.05, 4.69) is 16.6 Å². The molecule has 1 atom stereocenters. The molecule has 0 amide bonds. The predicted molar refractivity (Wildman–Crippen MR) is 89.9 cm³/mol. The van der Waals surface area contributed by atoms with Gasteiger partial charge in [-0.15, -0.1) is 4.91 Å². The molecule has 0 bridgehead atoms. The van der Waals surface area contributed by atoms with Gasteiger partial charge in [-0.3, -0.25) is 0 Å². The summed E-state index contributed by atoms with van der Waals surface area (Å²) in [6.45, 7) is 0.982. The van der Waals surface area contributed by atoms with Crippen LogP contribution in [-0.2, 0) is 11.2 Å². The maximum atomic E-state index is 11.0. The van der Waals surface area contributed by atoms with E-state index < -0.39 is 0 Å². The Morgan fingerprint density at radius 3 is 2.91 bits per heavy atom. The smallest absolute Gasteiger partial charge is 0.150 e. The molecule has 0 spiro atoms. The molecule has 2 aliphatic rings. The van der Waals surface area contributed by atoms with Gasteiger partial charge in [-0.05, 0) is 60.3 Å². The first-order chi connectivity index (χ1) is 11.2. The third-order valence-electron chi connectivity index (χ3n) is 4.67. The molecule has 1 heterocycles. The first-order valence-electron chi connectivity index (χ1n) is 7.92. The highest BCUT2D eigenvalue weighted by atomic mass is 16.5. The molecule has 1 aliphatic heterocycles. The Balaban J connectivity index is 1.79. The van der Waals surface area contributed by atoms with E-state index in [1.807, 2.05) is 18.2 Å². The van der Waals surface area contributed by atoms with Crippen molar-refractivity contribution in [3.8, 4) is 5.75 Å². The minimum absolute atomic E-state index is 0.307. The molecule has 1 aliphatic carbocycles. The van der Waals surface area contributed by atoms with Gasteiger partial charge in [0.25, 0.3) is 0 Å². The van der Waals surface area contributed by atoms with E-state index in [1.54, 1.807) is 14.2 Å². The number of methoxy groups -OCH3 is 2. The van der Waals surface area contributed by atoms with E-state index >= 15 is 0 Å². The molecule has 0 fully saturated rings. The molecule has 3 rings (SSSR count). The summed E-state index contributed by atoms with van der Waals surface area (Å²) >= 11 is 0. The lowest BCUT2D eigenvalue weighted by Crippen LogP contribution is -2.39. The molecule has 0 saturated heterocycles. The number of nitrogens with zero attached hydrogens (tertiary/aromatic N) is 1. The Hall–Kier alpha value is -2.14. The molecule has 0 aromatic heterocycles. The Bertz CT molecular complexity index is 664. The van der Waals surface area contributed by atoms with Crippen molar-refractivity contribution < 1.29 is 9.47 Å². The van der Waals surface area contributed by atoms with Gasteiger partial charge in [-0.2, -0.15) is 0 Å². The molecule has 5 heteroatoms. The van der Waals surface area contributed by atoms with Crippen LogP contribution in [0.1, 0.15) is 24.8 Å². The van der Waals surface area contributed by atoms with Gasteiger partial charge < -0.3 is 14.8 Å². The van der Waals surface area contributed by atoms with Crippen LogP contribution in [-0.4, -0.2) is 26.8 Å². The minimum Gasteiger partial charge on any atom is -0.501 e. The number of benzene rings is 1. The number of hydrogen-bond donors (Lipinski definition) is 1. The summed E-state index contributed by atoms with van der Waals surface area (Å²) in [4.78, 5) is 11.0. The van der Waals surface area contributed by atoms with Crippen LogP contribution in [0, 0.1) is 4.91 Å². The van der Waals surface area contributed by atoms with Crippen LogP contribution in [0.2, 0.25) is 0 Å². The van der Waals surface area contributed by atoms with Gasteiger partial charge in [0.15, 0.2) is 0 Å². The van der Waals surface area contributed by atoms with E-state index in [1.165, 1.54) is 11.1 Å². The molecule has 1 aromatic rings. The standard InChI is InChI=1S/C18H22N2O3/c1-22-14-4-5-15-13(11-14)7-8-19-16(15)9-12-3-6-18(23-2)17(10-12)20-21/h3-4,6,10,16,19H,5,7-9,11H2,1-2H3. The van der Waals surface area contributed by atoms with Crippen LogP contribution in [0.3, 0.4) is 0 Å². The summed E-state index contributed by atoms with van der Waals surface area (Å²) in [5.74, 6) is 1.59. The summed E-state index contributed by atoms with van der Waals surface area (Å²) in [5, 5.41) is 6.66. The van der Waals surface area contributed by atoms with Crippen molar-refractivity contribution >= 4 is 5.69 Å². The van der Waals surface area contributed by atoms with Crippen LogP contribution in [0.4, 0.5) is 5.69 Å². The van der Waals surface area contributed by atoms with Crippen LogP contribution in [0.15, 0.2) is 46.4 Å². The largest absolute Gasteiger partial charge is 0.501 e. The first-order valence-corrected chi connectivity index (χ1v) is 7.92. The lowest BCUT2D eigenvalue weighted by Gasteiger charge is -2.32. The van der Waals surface area contributed by atoms with Crippen molar-refractivity contribution in [2.75, 3.05) is 20.8 Å². The fourth-order valence-electron chi connectivity index (χ4n) is 3.44. The molecule has 1 aromatic carbocycles. The van der Waals surface area contributed by atoms with Gasteiger partial charge in [-0.25, -0.2) is 0 Å². The number of nitroso groups, excluding NO2 is 1. The summed E-state index contributed by atoms with van der Waals surface area (Å²) in [5.41, 5.74) is 4.41. The third kappa shape index (κ3) is 3.29. The predicted octanol–water partition coefficient (Wildman–Crippen LogP) is 3.62. The van der Waals surface area contributed by atoms with Crippen molar-refractivity contribution in [2.24, 2.45) is 5.18 Å². The van der Waals surface area contributed by atoms with E-state index in [-0.39, 0.29) is 0 Å². The summed E-state index contributed by atoms with van der Waals surface area (Å²) in [6.07, 6.45) is 5.96. The lowest BCUT2D eigenvalue weighted by atomic mass is 9.83. The Kier molecular flexibility index (Phi) is 4.76. The van der Waals surface area contributed by atoms with Gasteiger partial charge in [-0.1, -0.05) is 11.6 Å². The third-order valence-corrected chi connectivity index (χ3v) is 4.67. The summed E-state index contributed by atoms with van der Waals surface area (Å²) < 4.78 is 10.5. The van der Waals surface area contributed by atoms with Crippen LogP contribution < -0.4 is 10.1 Å². The molecular formula is C18H22N2O3. The van der Waals surface area contributed by atoms with Crippen molar-refractivity contribution in [1.82, 2.24) is 5.32 Å². The molecular weight excluding hydrogens is 292 g/mol. The second-order valence-electron chi connectivity index (χ2n) is 5.94. The topological polar surface area (TPSA) is 59.9 Å². The number of ether oxygens (including phenoxy) is 2. The Labute approximate surface area is 136 Å². The van der Waals surface area contributed by atoms with Crippen molar-refractivity contribution in [2.45, 2.75) is 31.7 Å². The highest BCUT2D eigenvalue weighted by Gasteiger charge is 2.25. The van der Waals surface area contributed by atoms with Gasteiger partial charge >= 0.3 is 0 Å². The SMILES string of the molecule is COC1=CCC2=C(CCNC2Cc2ccc(OC)c(N=O)c2)C1. The number of allylic oxidation sites excluding steroid dienone is 2. The average molecular weight is 314 g/mol. The van der Waals surface area contributed by atoms with E-state index in [0.29, 0.717) is 17.5 Å². The van der Waals surface area contributed by atoms with Crippen molar-refractivity contribution in [1.29, 1.82) is 0 Å². The van der Waals surface area contributed by atoms with Gasteiger partial charge in [0.2, 0.25) is 0 Å². The molecule has 23 heavy (non-hydrogen) atoms. The van der Waals surface area contributed by atoms with E-state index in [0.717, 1.165) is 43.6 Å². The number of rotatable bonds is 5. The lowest BCUT2D eigenvalue weighted by molar-refractivity contribution is 0.276. The molecule has 5 nitrogen and oxygen atoms in total. The maximum absolute atomic E-state index is 11.0. The zero-order valence-corrected chi connectivity index (χ0v) is 13.6. The normalized spacial score (nSPS) is 20.6. The summed E-state index contributed by atoms with van der Waals surface area (Å²) in [7, 11) is 3.28. The van der Waals surface area contributed by atoms with Gasteiger partial charge in [0, 0.05) is 12.5 Å². The second kappa shape index (κ2) is 6.96. The molecule has 0 radical (unpaired) electrons. The van der Waals surface area contributed by atoms with Crippen LogP contribution in [0.5, 0.6) is 5.75 Å².